The van der Waals surface area contributed by atoms with Crippen LogP contribution in [-0.4, -0.2) is 46.6 Å². The van der Waals surface area contributed by atoms with Crippen LogP contribution in [0.1, 0.15) is 12.8 Å². The number of nitrogens with zero attached hydrogens (tertiary/aromatic N) is 1. The van der Waals surface area contributed by atoms with Crippen molar-refractivity contribution in [2.75, 3.05) is 33.9 Å². The van der Waals surface area contributed by atoms with Gasteiger partial charge in [-0.15, -0.1) is 0 Å². The second-order valence-electron chi connectivity index (χ2n) is 5.10. The molecule has 118 valence electrons. The molecule has 0 saturated carbocycles. The Morgan fingerprint density at radius 3 is 2.48 bits per heavy atom. The van der Waals surface area contributed by atoms with Crippen molar-refractivity contribution in [1.29, 1.82) is 0 Å². The molecule has 0 radical (unpaired) electrons. The summed E-state index contributed by atoms with van der Waals surface area (Å²) in [4.78, 5) is 0.292. The molecule has 0 spiro atoms. The molecule has 0 amide bonds. The van der Waals surface area contributed by atoms with Crippen molar-refractivity contribution in [2.45, 2.75) is 17.7 Å². The van der Waals surface area contributed by atoms with E-state index in [-0.39, 0.29) is 0 Å². The van der Waals surface area contributed by atoms with E-state index < -0.39 is 10.0 Å². The van der Waals surface area contributed by atoms with Gasteiger partial charge in [0.25, 0.3) is 0 Å². The lowest BCUT2D eigenvalue weighted by molar-refractivity contribution is 0.121. The van der Waals surface area contributed by atoms with Crippen molar-refractivity contribution in [1.82, 2.24) is 4.31 Å². The van der Waals surface area contributed by atoms with E-state index in [9.17, 15) is 8.42 Å². The summed E-state index contributed by atoms with van der Waals surface area (Å²) in [6.45, 7) is 1.78. The Morgan fingerprint density at radius 1 is 1.29 bits per heavy atom. The predicted octanol–water partition coefficient (Wildman–Crippen LogP) is 2.50. The number of rotatable bonds is 5. The summed E-state index contributed by atoms with van der Waals surface area (Å²) in [5, 5.41) is 0. The number of methoxy groups -OCH3 is 2. The molecule has 2 rings (SSSR count). The van der Waals surface area contributed by atoms with Crippen LogP contribution in [0, 0.1) is 5.92 Å². The number of sulfonamides is 1. The molecule has 1 aliphatic rings. The van der Waals surface area contributed by atoms with Crippen LogP contribution in [-0.2, 0) is 14.8 Å². The number of piperidine rings is 1. The Bertz CT molecular complexity index is 583. The van der Waals surface area contributed by atoms with Crippen molar-refractivity contribution < 1.29 is 17.9 Å². The fourth-order valence-electron chi connectivity index (χ4n) is 2.51. The van der Waals surface area contributed by atoms with Crippen LogP contribution in [0.25, 0.3) is 0 Å². The summed E-state index contributed by atoms with van der Waals surface area (Å²) in [7, 11) is -0.212. The van der Waals surface area contributed by atoms with E-state index in [1.165, 1.54) is 0 Å². The van der Waals surface area contributed by atoms with Gasteiger partial charge in [-0.1, -0.05) is 0 Å². The topological polar surface area (TPSA) is 55.8 Å². The van der Waals surface area contributed by atoms with Gasteiger partial charge in [-0.3, -0.25) is 0 Å². The van der Waals surface area contributed by atoms with E-state index in [2.05, 4.69) is 15.9 Å². The summed E-state index contributed by atoms with van der Waals surface area (Å²) in [6.07, 6.45) is 1.68. The van der Waals surface area contributed by atoms with Crippen molar-refractivity contribution in [3.05, 3.63) is 22.7 Å². The number of benzene rings is 1. The lowest BCUT2D eigenvalue weighted by atomic mass is 9.99. The molecule has 1 aliphatic heterocycles. The molecule has 0 atom stereocenters. The van der Waals surface area contributed by atoms with Crippen molar-refractivity contribution in [3.8, 4) is 5.75 Å². The molecule has 1 saturated heterocycles. The highest BCUT2D eigenvalue weighted by molar-refractivity contribution is 9.10. The molecule has 0 aliphatic carbocycles. The zero-order valence-electron chi connectivity index (χ0n) is 12.2. The fraction of sp³-hybridized carbons (Fsp3) is 0.571. The van der Waals surface area contributed by atoms with Gasteiger partial charge in [0.1, 0.15) is 5.75 Å². The maximum absolute atomic E-state index is 12.6. The normalized spacial score (nSPS) is 17.9. The number of halogens is 1. The molecular formula is C14H20BrNO4S. The first-order valence-corrected chi connectivity index (χ1v) is 9.05. The average molecular weight is 378 g/mol. The molecule has 1 heterocycles. The summed E-state index contributed by atoms with van der Waals surface area (Å²) < 4.78 is 37.7. The van der Waals surface area contributed by atoms with Crippen LogP contribution in [0.15, 0.2) is 27.6 Å². The highest BCUT2D eigenvalue weighted by Crippen LogP contribution is 2.30. The Kier molecular flexibility index (Phi) is 5.65. The summed E-state index contributed by atoms with van der Waals surface area (Å²) in [5.74, 6) is 1.07. The van der Waals surface area contributed by atoms with E-state index >= 15 is 0 Å². The molecular weight excluding hydrogens is 358 g/mol. The number of hydrogen-bond acceptors (Lipinski definition) is 4. The van der Waals surface area contributed by atoms with Gasteiger partial charge in [-0.05, 0) is 52.9 Å². The lowest BCUT2D eigenvalue weighted by Gasteiger charge is -2.30. The monoisotopic (exact) mass is 377 g/mol. The van der Waals surface area contributed by atoms with Gasteiger partial charge in [0.15, 0.2) is 0 Å². The smallest absolute Gasteiger partial charge is 0.243 e. The molecule has 0 bridgehead atoms. The Labute approximate surface area is 134 Å². The third-order valence-corrected chi connectivity index (χ3v) is 6.25. The fourth-order valence-corrected chi connectivity index (χ4v) is 4.70. The maximum Gasteiger partial charge on any atom is 0.243 e. The minimum atomic E-state index is -3.44. The lowest BCUT2D eigenvalue weighted by Crippen LogP contribution is -2.39. The van der Waals surface area contributed by atoms with Gasteiger partial charge >= 0.3 is 0 Å². The number of ether oxygens (including phenoxy) is 2. The largest absolute Gasteiger partial charge is 0.496 e. The molecule has 5 nitrogen and oxygen atoms in total. The van der Waals surface area contributed by atoms with Crippen LogP contribution >= 0.6 is 15.9 Å². The zero-order valence-corrected chi connectivity index (χ0v) is 14.6. The maximum atomic E-state index is 12.6. The molecule has 21 heavy (non-hydrogen) atoms. The van der Waals surface area contributed by atoms with E-state index in [1.807, 2.05) is 0 Å². The van der Waals surface area contributed by atoms with Crippen LogP contribution in [0.3, 0.4) is 0 Å². The minimum Gasteiger partial charge on any atom is -0.496 e. The first kappa shape index (κ1) is 16.7. The average Bonchev–Trinajstić information content (AvgIpc) is 2.48. The van der Waals surface area contributed by atoms with Crippen molar-refractivity contribution in [3.63, 3.8) is 0 Å². The second-order valence-corrected chi connectivity index (χ2v) is 7.89. The van der Waals surface area contributed by atoms with Crippen LogP contribution < -0.4 is 4.74 Å². The van der Waals surface area contributed by atoms with Crippen molar-refractivity contribution >= 4 is 26.0 Å². The standard InChI is InChI=1S/C14H20BrNO4S/c1-19-10-11-5-7-16(8-6-11)21(17,18)12-3-4-14(20-2)13(15)9-12/h3-4,9,11H,5-8,10H2,1-2H3. The summed E-state index contributed by atoms with van der Waals surface area (Å²) >= 11 is 3.33. The quantitative estimate of drug-likeness (QED) is 0.790. The highest BCUT2D eigenvalue weighted by atomic mass is 79.9. The SMILES string of the molecule is COCC1CCN(S(=O)(=O)c2ccc(OC)c(Br)c2)CC1. The van der Waals surface area contributed by atoms with Gasteiger partial charge in [-0.25, -0.2) is 8.42 Å². The third kappa shape index (κ3) is 3.77. The third-order valence-electron chi connectivity index (χ3n) is 3.74. The molecule has 0 N–H and O–H groups in total. The highest BCUT2D eigenvalue weighted by Gasteiger charge is 2.29. The van der Waals surface area contributed by atoms with Crippen molar-refractivity contribution in [2.24, 2.45) is 5.92 Å². The molecule has 0 unspecified atom stereocenters. The van der Waals surface area contributed by atoms with Gasteiger partial charge < -0.3 is 9.47 Å². The van der Waals surface area contributed by atoms with Crippen LogP contribution in [0.5, 0.6) is 5.75 Å². The number of hydrogen-bond donors (Lipinski definition) is 0. The summed E-state index contributed by atoms with van der Waals surface area (Å²) in [5.41, 5.74) is 0. The first-order valence-electron chi connectivity index (χ1n) is 6.81. The Morgan fingerprint density at radius 2 is 1.95 bits per heavy atom. The van der Waals surface area contributed by atoms with Gasteiger partial charge in [0.05, 0.1) is 16.5 Å². The predicted molar refractivity (Wildman–Crippen MR) is 84.1 cm³/mol. The Hall–Kier alpha value is -0.630. The van der Waals surface area contributed by atoms with Gasteiger partial charge in [-0.2, -0.15) is 4.31 Å². The Balaban J connectivity index is 2.14. The molecule has 1 aromatic rings. The van der Waals surface area contributed by atoms with E-state index in [0.717, 1.165) is 12.8 Å². The van der Waals surface area contributed by atoms with E-state index in [0.29, 0.717) is 40.7 Å². The zero-order chi connectivity index (χ0) is 15.5. The van der Waals surface area contributed by atoms with Crippen LogP contribution in [0.2, 0.25) is 0 Å². The molecule has 7 heteroatoms. The minimum absolute atomic E-state index is 0.292. The van der Waals surface area contributed by atoms with E-state index in [4.69, 9.17) is 9.47 Å². The molecule has 0 aromatic heterocycles. The second kappa shape index (κ2) is 7.09. The van der Waals surface area contributed by atoms with Gasteiger partial charge in [0, 0.05) is 26.8 Å². The first-order chi connectivity index (χ1) is 9.98. The van der Waals surface area contributed by atoms with E-state index in [1.54, 1.807) is 36.7 Å². The molecule has 1 aromatic carbocycles. The van der Waals surface area contributed by atoms with Gasteiger partial charge in [0.2, 0.25) is 10.0 Å². The molecule has 1 fully saturated rings. The summed E-state index contributed by atoms with van der Waals surface area (Å²) in [6, 6.07) is 4.84. The van der Waals surface area contributed by atoms with Crippen LogP contribution in [0.4, 0.5) is 0 Å².